The van der Waals surface area contributed by atoms with Gasteiger partial charge in [0, 0.05) is 11.1 Å². The highest BCUT2D eigenvalue weighted by Gasteiger charge is 2.32. The summed E-state index contributed by atoms with van der Waals surface area (Å²) in [4.78, 5) is 13.5. The van der Waals surface area contributed by atoms with Gasteiger partial charge in [-0.15, -0.1) is 0 Å². The highest BCUT2D eigenvalue weighted by Crippen LogP contribution is 2.37. The largest absolute Gasteiger partial charge is 0.744 e. The predicted octanol–water partition coefficient (Wildman–Crippen LogP) is 7.41. The average Bonchev–Trinajstić information content (AvgIpc) is 2.95. The molecule has 0 aliphatic rings. The van der Waals surface area contributed by atoms with Crippen molar-refractivity contribution in [3.05, 3.63) is 113 Å². The van der Waals surface area contributed by atoms with Crippen LogP contribution in [0.15, 0.2) is 92.4 Å². The number of hydrogen-bond acceptors (Lipinski definition) is 6. The Kier molecular flexibility index (Phi) is 11.4. The van der Waals surface area contributed by atoms with Crippen LogP contribution in [0, 0.1) is 42.9 Å². The van der Waals surface area contributed by atoms with Crippen molar-refractivity contribution >= 4 is 27.0 Å². The Morgan fingerprint density at radius 1 is 0.756 bits per heavy atom. The molecule has 0 fully saturated rings. The Morgan fingerprint density at radius 2 is 1.16 bits per heavy atom. The van der Waals surface area contributed by atoms with Crippen LogP contribution in [0.1, 0.15) is 31.9 Å². The minimum absolute atomic E-state index is 0.0986. The second-order valence-electron chi connectivity index (χ2n) is 10.5. The number of hydrogen-bond donors (Lipinski definition) is 0. The van der Waals surface area contributed by atoms with Crippen LogP contribution in [0.2, 0.25) is 0 Å². The Morgan fingerprint density at radius 3 is 1.53 bits per heavy atom. The molecule has 0 spiro atoms. The first-order valence-electron chi connectivity index (χ1n) is 13.2. The summed E-state index contributed by atoms with van der Waals surface area (Å²) in [5, 5.41) is 0. The number of aryl methyl sites for hydroxylation is 2. The number of esters is 1. The first-order chi connectivity index (χ1) is 20.9. The van der Waals surface area contributed by atoms with Crippen LogP contribution in [0.25, 0.3) is 0 Å². The van der Waals surface area contributed by atoms with Gasteiger partial charge >= 0.3 is 5.97 Å². The average molecular weight is 669 g/mol. The van der Waals surface area contributed by atoms with Gasteiger partial charge in [0.15, 0.2) is 44.6 Å². The van der Waals surface area contributed by atoms with E-state index in [0.717, 1.165) is 11.1 Å². The lowest BCUT2D eigenvalue weighted by atomic mass is 10.1. The molecule has 0 radical (unpaired) electrons. The van der Waals surface area contributed by atoms with Gasteiger partial charge in [-0.25, -0.2) is 35.2 Å². The first kappa shape index (κ1) is 35.5. The van der Waals surface area contributed by atoms with E-state index < -0.39 is 49.7 Å². The monoisotopic (exact) mass is 668 g/mol. The second kappa shape index (κ2) is 14.4. The van der Waals surface area contributed by atoms with Crippen LogP contribution in [0.5, 0.6) is 5.75 Å². The topological polar surface area (TPSA) is 92.7 Å². The van der Waals surface area contributed by atoms with Gasteiger partial charge in [0.2, 0.25) is 5.82 Å². The molecule has 0 saturated carbocycles. The van der Waals surface area contributed by atoms with Crippen LogP contribution in [0.4, 0.5) is 22.0 Å². The van der Waals surface area contributed by atoms with Crippen molar-refractivity contribution in [1.82, 2.24) is 0 Å². The van der Waals surface area contributed by atoms with Crippen molar-refractivity contribution in [2.45, 2.75) is 59.8 Å². The molecule has 0 aliphatic heterocycles. The maximum Gasteiger partial charge on any atom is 0.344 e. The molecule has 45 heavy (non-hydrogen) atoms. The molecule has 0 aromatic heterocycles. The first-order valence-corrected chi connectivity index (χ1v) is 15.8. The van der Waals surface area contributed by atoms with E-state index in [1.807, 2.05) is 45.0 Å². The van der Waals surface area contributed by atoms with Crippen LogP contribution in [-0.4, -0.2) is 31.1 Å². The Labute approximate surface area is 260 Å². The zero-order chi connectivity index (χ0) is 33.7. The van der Waals surface area contributed by atoms with E-state index in [-0.39, 0.29) is 23.5 Å². The highest BCUT2D eigenvalue weighted by atomic mass is 32.2. The molecule has 13 heteroatoms. The molecule has 0 bridgehead atoms. The van der Waals surface area contributed by atoms with Crippen LogP contribution in [0.3, 0.4) is 0 Å². The van der Waals surface area contributed by atoms with Gasteiger partial charge in [0.05, 0.1) is 10.9 Å². The molecule has 0 N–H and O–H groups in total. The van der Waals surface area contributed by atoms with Crippen LogP contribution < -0.4 is 4.74 Å². The molecule has 0 amide bonds. The van der Waals surface area contributed by atoms with E-state index >= 15 is 0 Å². The van der Waals surface area contributed by atoms with Crippen molar-refractivity contribution in [1.29, 1.82) is 0 Å². The quantitative estimate of drug-likeness (QED) is 0.0509. The smallest absolute Gasteiger partial charge is 0.344 e. The Hall–Kier alpha value is -3.94. The maximum atomic E-state index is 12.6. The zero-order valence-corrected chi connectivity index (χ0v) is 26.4. The normalized spacial score (nSPS) is 11.6. The summed E-state index contributed by atoms with van der Waals surface area (Å²) in [6, 6.07) is 25.2. The van der Waals surface area contributed by atoms with E-state index in [1.54, 1.807) is 0 Å². The molecule has 6 nitrogen and oxygen atoms in total. The Bertz CT molecular complexity index is 1690. The summed E-state index contributed by atoms with van der Waals surface area (Å²) >= 11 is 0. The molecular weight excluding hydrogens is 639 g/mol. The summed E-state index contributed by atoms with van der Waals surface area (Å²) in [7, 11) is -5.99. The summed E-state index contributed by atoms with van der Waals surface area (Å²) in [6.07, 6.45) is 0. The molecular formula is C32H29F5O6S2. The fourth-order valence-electron chi connectivity index (χ4n) is 4.12. The van der Waals surface area contributed by atoms with E-state index in [0.29, 0.717) is 5.75 Å². The van der Waals surface area contributed by atoms with Crippen molar-refractivity contribution in [3.63, 3.8) is 0 Å². The third-order valence-electron chi connectivity index (χ3n) is 5.79. The van der Waals surface area contributed by atoms with Gasteiger partial charge in [-0.2, -0.15) is 0 Å². The highest BCUT2D eigenvalue weighted by molar-refractivity contribution is 7.97. The molecule has 4 aromatic carbocycles. The Balaban J connectivity index is 0.000000309. The minimum Gasteiger partial charge on any atom is -0.744 e. The molecule has 0 saturated heterocycles. The van der Waals surface area contributed by atoms with Gasteiger partial charge in [-0.3, -0.25) is 0 Å². The van der Waals surface area contributed by atoms with Crippen molar-refractivity contribution < 1.29 is 49.2 Å². The van der Waals surface area contributed by atoms with Gasteiger partial charge in [0.1, 0.15) is 26.4 Å². The second-order valence-corrected chi connectivity index (χ2v) is 13.8. The fraction of sp³-hybridized carbons (Fsp3) is 0.219. The van der Waals surface area contributed by atoms with Crippen molar-refractivity contribution in [2.75, 3.05) is 6.61 Å². The lowest BCUT2D eigenvalue weighted by Gasteiger charge is -2.19. The predicted molar refractivity (Wildman–Crippen MR) is 156 cm³/mol. The number of carbonyl (C=O) groups is 1. The summed E-state index contributed by atoms with van der Waals surface area (Å²) in [6.45, 7) is 9.66. The SMILES string of the molecule is Cc1cc(OCC(=O)OC(C)(C)C)cc(C)c1[S+](c1ccccc1)c1ccccc1.O=S(=O)([O-])c1c(F)c(F)c(F)c(F)c1F. The third-order valence-corrected chi connectivity index (χ3v) is 9.19. The van der Waals surface area contributed by atoms with E-state index in [2.05, 4.69) is 62.4 Å². The van der Waals surface area contributed by atoms with Crippen molar-refractivity contribution in [3.8, 4) is 5.75 Å². The molecule has 4 rings (SSSR count). The third kappa shape index (κ3) is 9.05. The van der Waals surface area contributed by atoms with Gasteiger partial charge in [-0.05, 0) is 71.0 Å². The summed E-state index contributed by atoms with van der Waals surface area (Å²) in [5.41, 5.74) is 1.77. The van der Waals surface area contributed by atoms with E-state index in [4.69, 9.17) is 9.47 Å². The lowest BCUT2D eigenvalue weighted by Crippen LogP contribution is -2.27. The number of carbonyl (C=O) groups excluding carboxylic acids is 1. The van der Waals surface area contributed by atoms with Crippen LogP contribution >= 0.6 is 0 Å². The van der Waals surface area contributed by atoms with Gasteiger partial charge in [-0.1, -0.05) is 36.4 Å². The fourth-order valence-corrected chi connectivity index (χ4v) is 7.10. The minimum atomic E-state index is -5.77. The van der Waals surface area contributed by atoms with E-state index in [1.165, 1.54) is 14.7 Å². The number of halogens is 5. The molecule has 240 valence electrons. The number of benzene rings is 4. The standard InChI is InChI=1S/C26H29O3S.C6HF5O3S/c1-19-16-21(28-18-24(27)29-26(3,4)5)17-20(2)25(19)30(22-12-8-6-9-13-22)23-14-10-7-11-15-23;7-1-2(8)4(10)6(15(12,13)14)5(11)3(1)9/h6-17H,18H2,1-5H3;(H,12,13,14)/q+1;/p-1. The van der Waals surface area contributed by atoms with Crippen LogP contribution in [-0.2, 0) is 30.5 Å². The molecule has 0 unspecified atom stereocenters. The van der Waals surface area contributed by atoms with E-state index in [9.17, 15) is 39.7 Å². The number of rotatable bonds is 7. The molecule has 0 heterocycles. The molecule has 0 aliphatic carbocycles. The molecule has 0 atom stereocenters. The lowest BCUT2D eigenvalue weighted by molar-refractivity contribution is -0.157. The summed E-state index contributed by atoms with van der Waals surface area (Å²) in [5.74, 6) is -12.5. The molecule has 4 aromatic rings. The maximum absolute atomic E-state index is 12.6. The van der Waals surface area contributed by atoms with Gasteiger partial charge in [0.25, 0.3) is 0 Å². The number of ether oxygens (including phenoxy) is 2. The van der Waals surface area contributed by atoms with Gasteiger partial charge < -0.3 is 14.0 Å². The zero-order valence-electron chi connectivity index (χ0n) is 24.8. The summed E-state index contributed by atoms with van der Waals surface area (Å²) < 4.78 is 104. The van der Waals surface area contributed by atoms with Crippen molar-refractivity contribution in [2.24, 2.45) is 0 Å².